The number of carbonyl (C=O) groups excluding carboxylic acids is 1. The lowest BCUT2D eigenvalue weighted by atomic mass is 9.89. The molecular weight excluding hydrogens is 270 g/mol. The minimum atomic E-state index is -0.584. The van der Waals surface area contributed by atoms with Crippen molar-refractivity contribution in [2.45, 2.75) is 32.1 Å². The first-order valence-corrected chi connectivity index (χ1v) is 6.57. The molecule has 1 fully saturated rings. The van der Waals surface area contributed by atoms with Crippen molar-refractivity contribution in [2.75, 3.05) is 5.32 Å². The second-order valence-electron chi connectivity index (χ2n) is 4.58. The highest BCUT2D eigenvalue weighted by Gasteiger charge is 2.24. The minimum absolute atomic E-state index is 0.0759. The van der Waals surface area contributed by atoms with E-state index in [0.717, 1.165) is 32.1 Å². The summed E-state index contributed by atoms with van der Waals surface area (Å²) in [6, 6.07) is 2.57. The maximum absolute atomic E-state index is 12.0. The molecule has 0 aliphatic heterocycles. The summed E-state index contributed by atoms with van der Waals surface area (Å²) < 4.78 is 0. The zero-order valence-corrected chi connectivity index (χ0v) is 11.0. The molecule has 0 unspecified atom stereocenters. The van der Waals surface area contributed by atoms with E-state index in [9.17, 15) is 14.9 Å². The van der Waals surface area contributed by atoms with Gasteiger partial charge in [-0.15, -0.1) is 0 Å². The van der Waals surface area contributed by atoms with Crippen LogP contribution in [0.25, 0.3) is 0 Å². The van der Waals surface area contributed by atoms with Crippen LogP contribution in [0.15, 0.2) is 12.1 Å². The third-order valence-electron chi connectivity index (χ3n) is 3.25. The van der Waals surface area contributed by atoms with Crippen LogP contribution < -0.4 is 5.32 Å². The van der Waals surface area contributed by atoms with E-state index in [2.05, 4.69) is 10.3 Å². The van der Waals surface area contributed by atoms with Crippen LogP contribution in [0, 0.1) is 16.0 Å². The van der Waals surface area contributed by atoms with Gasteiger partial charge in [0.15, 0.2) is 0 Å². The quantitative estimate of drug-likeness (QED) is 0.524. The molecule has 1 aromatic rings. The number of amides is 1. The number of pyridine rings is 1. The summed E-state index contributed by atoms with van der Waals surface area (Å²) in [5, 5.41) is 13.5. The van der Waals surface area contributed by atoms with Gasteiger partial charge in [-0.3, -0.25) is 14.9 Å². The molecule has 0 saturated heterocycles. The Labute approximate surface area is 115 Å². The number of halogens is 1. The first-order valence-electron chi connectivity index (χ1n) is 6.19. The van der Waals surface area contributed by atoms with Gasteiger partial charge in [0, 0.05) is 12.0 Å². The molecule has 0 radical (unpaired) electrons. The third kappa shape index (κ3) is 3.41. The van der Waals surface area contributed by atoms with Crippen molar-refractivity contribution in [3.05, 3.63) is 27.4 Å². The van der Waals surface area contributed by atoms with E-state index in [0.29, 0.717) is 0 Å². The fourth-order valence-electron chi connectivity index (χ4n) is 2.25. The summed E-state index contributed by atoms with van der Waals surface area (Å²) in [6.07, 6.45) is 4.81. The Morgan fingerprint density at radius 3 is 2.68 bits per heavy atom. The number of carbonyl (C=O) groups is 1. The Morgan fingerprint density at radius 2 is 2.05 bits per heavy atom. The standard InChI is InChI=1S/C12H14ClN3O3/c13-10-7-6-9(16(18)19)11(14-10)15-12(17)8-4-2-1-3-5-8/h6-8H,1-5H2,(H,14,15,17). The molecule has 0 bridgehead atoms. The number of hydrogen-bond acceptors (Lipinski definition) is 4. The molecule has 6 nitrogen and oxygen atoms in total. The van der Waals surface area contributed by atoms with Crippen molar-refractivity contribution in [1.82, 2.24) is 4.98 Å². The highest BCUT2D eigenvalue weighted by atomic mass is 35.5. The Balaban J connectivity index is 2.15. The van der Waals surface area contributed by atoms with Crippen LogP contribution in [0.5, 0.6) is 0 Å². The molecule has 1 aromatic heterocycles. The number of hydrogen-bond donors (Lipinski definition) is 1. The lowest BCUT2D eigenvalue weighted by molar-refractivity contribution is -0.384. The van der Waals surface area contributed by atoms with Crippen molar-refractivity contribution in [1.29, 1.82) is 0 Å². The van der Waals surface area contributed by atoms with Crippen molar-refractivity contribution < 1.29 is 9.72 Å². The number of nitrogens with zero attached hydrogens (tertiary/aromatic N) is 2. The van der Waals surface area contributed by atoms with Crippen LogP contribution in [-0.4, -0.2) is 15.8 Å². The van der Waals surface area contributed by atoms with Crippen molar-refractivity contribution >= 4 is 29.0 Å². The number of nitro groups is 1. The van der Waals surface area contributed by atoms with E-state index < -0.39 is 4.92 Å². The van der Waals surface area contributed by atoms with Gasteiger partial charge in [0.2, 0.25) is 11.7 Å². The second kappa shape index (κ2) is 5.97. The SMILES string of the molecule is O=C(Nc1nc(Cl)ccc1[N+](=O)[O-])C1CCCCC1. The molecule has 19 heavy (non-hydrogen) atoms. The maximum atomic E-state index is 12.0. The highest BCUT2D eigenvalue weighted by Crippen LogP contribution is 2.28. The Kier molecular flexibility index (Phi) is 4.31. The maximum Gasteiger partial charge on any atom is 0.311 e. The molecular formula is C12H14ClN3O3. The predicted molar refractivity (Wildman–Crippen MR) is 71.1 cm³/mol. The first-order chi connectivity index (χ1) is 9.08. The van der Waals surface area contributed by atoms with E-state index >= 15 is 0 Å². The average Bonchev–Trinajstić information content (AvgIpc) is 2.39. The zero-order chi connectivity index (χ0) is 13.8. The van der Waals surface area contributed by atoms with Gasteiger partial charge >= 0.3 is 5.69 Å². The van der Waals surface area contributed by atoms with Crippen LogP contribution >= 0.6 is 11.6 Å². The van der Waals surface area contributed by atoms with Gasteiger partial charge in [-0.25, -0.2) is 4.98 Å². The lowest BCUT2D eigenvalue weighted by Crippen LogP contribution is -2.25. The number of anilines is 1. The van der Waals surface area contributed by atoms with Crippen LogP contribution in [0.3, 0.4) is 0 Å². The fourth-order valence-corrected chi connectivity index (χ4v) is 2.40. The molecule has 1 amide bonds. The summed E-state index contributed by atoms with van der Waals surface area (Å²) in [7, 11) is 0. The number of rotatable bonds is 3. The molecule has 1 N–H and O–H groups in total. The van der Waals surface area contributed by atoms with Gasteiger partial charge < -0.3 is 5.32 Å². The highest BCUT2D eigenvalue weighted by molar-refractivity contribution is 6.29. The third-order valence-corrected chi connectivity index (χ3v) is 3.46. The molecule has 1 aliphatic carbocycles. The van der Waals surface area contributed by atoms with Crippen LogP contribution in [0.1, 0.15) is 32.1 Å². The largest absolute Gasteiger partial charge is 0.311 e. The molecule has 0 atom stereocenters. The molecule has 0 spiro atoms. The monoisotopic (exact) mass is 283 g/mol. The van der Waals surface area contributed by atoms with Gasteiger partial charge in [0.1, 0.15) is 5.15 Å². The number of aromatic nitrogens is 1. The van der Waals surface area contributed by atoms with E-state index in [-0.39, 0.29) is 28.5 Å². The van der Waals surface area contributed by atoms with Gasteiger partial charge in [-0.2, -0.15) is 0 Å². The second-order valence-corrected chi connectivity index (χ2v) is 4.97. The summed E-state index contributed by atoms with van der Waals surface area (Å²) in [5.74, 6) is -0.375. The molecule has 2 rings (SSSR count). The van der Waals surface area contributed by atoms with Crippen molar-refractivity contribution in [3.8, 4) is 0 Å². The lowest BCUT2D eigenvalue weighted by Gasteiger charge is -2.20. The van der Waals surface area contributed by atoms with Crippen LogP contribution in [0.4, 0.5) is 11.5 Å². The average molecular weight is 284 g/mol. The molecule has 1 aliphatic rings. The van der Waals surface area contributed by atoms with Gasteiger partial charge in [0.05, 0.1) is 4.92 Å². The van der Waals surface area contributed by atoms with Gasteiger partial charge in [-0.05, 0) is 18.9 Å². The summed E-state index contributed by atoms with van der Waals surface area (Å²) in [6.45, 7) is 0. The first kappa shape index (κ1) is 13.7. The number of nitrogens with one attached hydrogen (secondary N) is 1. The van der Waals surface area contributed by atoms with E-state index in [1.165, 1.54) is 12.1 Å². The summed E-state index contributed by atoms with van der Waals surface area (Å²) in [5.41, 5.74) is -0.242. The van der Waals surface area contributed by atoms with Crippen LogP contribution in [0.2, 0.25) is 5.15 Å². The Bertz CT molecular complexity index is 501. The Morgan fingerprint density at radius 1 is 1.37 bits per heavy atom. The zero-order valence-electron chi connectivity index (χ0n) is 10.3. The fraction of sp³-hybridized carbons (Fsp3) is 0.500. The topological polar surface area (TPSA) is 85.1 Å². The molecule has 1 heterocycles. The molecule has 0 aromatic carbocycles. The summed E-state index contributed by atoms with van der Waals surface area (Å²) in [4.78, 5) is 26.1. The molecule has 7 heteroatoms. The van der Waals surface area contributed by atoms with Gasteiger partial charge in [-0.1, -0.05) is 30.9 Å². The summed E-state index contributed by atoms with van der Waals surface area (Å²) >= 11 is 5.71. The normalized spacial score (nSPS) is 16.1. The van der Waals surface area contributed by atoms with E-state index in [1.807, 2.05) is 0 Å². The minimum Gasteiger partial charge on any atom is -0.305 e. The van der Waals surface area contributed by atoms with E-state index in [4.69, 9.17) is 11.6 Å². The van der Waals surface area contributed by atoms with E-state index in [1.54, 1.807) is 0 Å². The Hall–Kier alpha value is -1.69. The smallest absolute Gasteiger partial charge is 0.305 e. The van der Waals surface area contributed by atoms with Crippen LogP contribution in [-0.2, 0) is 4.79 Å². The van der Waals surface area contributed by atoms with Gasteiger partial charge in [0.25, 0.3) is 0 Å². The van der Waals surface area contributed by atoms with Crippen molar-refractivity contribution in [3.63, 3.8) is 0 Å². The molecule has 1 saturated carbocycles. The molecule has 102 valence electrons. The predicted octanol–water partition coefficient (Wildman–Crippen LogP) is 3.16. The van der Waals surface area contributed by atoms with Crippen molar-refractivity contribution in [2.24, 2.45) is 5.92 Å².